The van der Waals surface area contributed by atoms with Gasteiger partial charge in [-0.2, -0.15) is 0 Å². The van der Waals surface area contributed by atoms with Gasteiger partial charge in [0.15, 0.2) is 5.75 Å². The highest BCUT2D eigenvalue weighted by molar-refractivity contribution is 9.10. The van der Waals surface area contributed by atoms with E-state index in [1.165, 1.54) is 25.8 Å². The summed E-state index contributed by atoms with van der Waals surface area (Å²) in [6, 6.07) is 6.40. The third kappa shape index (κ3) is 3.39. The van der Waals surface area contributed by atoms with Gasteiger partial charge in [-0.15, -0.1) is 0 Å². The van der Waals surface area contributed by atoms with Crippen molar-refractivity contribution in [2.75, 3.05) is 25.9 Å². The number of rotatable bonds is 4. The summed E-state index contributed by atoms with van der Waals surface area (Å²) < 4.78 is 6.75. The molecular weight excluding hydrogens is 292 g/mol. The van der Waals surface area contributed by atoms with Gasteiger partial charge >= 0.3 is 0 Å². The van der Waals surface area contributed by atoms with E-state index in [-0.39, 0.29) is 0 Å². The van der Waals surface area contributed by atoms with E-state index in [0.717, 1.165) is 23.2 Å². The summed E-state index contributed by atoms with van der Waals surface area (Å²) in [4.78, 5) is 2.44. The zero-order valence-electron chi connectivity index (χ0n) is 10.9. The molecule has 1 unspecified atom stereocenters. The number of piperidine rings is 1. The lowest BCUT2D eigenvalue weighted by molar-refractivity contribution is 0.153. The zero-order chi connectivity index (χ0) is 13.0. The molecule has 18 heavy (non-hydrogen) atoms. The van der Waals surface area contributed by atoms with Crippen LogP contribution in [0.25, 0.3) is 0 Å². The predicted molar refractivity (Wildman–Crippen MR) is 78.9 cm³/mol. The minimum Gasteiger partial charge on any atom is -0.490 e. The first-order valence-corrected chi connectivity index (χ1v) is 7.35. The molecule has 1 saturated heterocycles. The van der Waals surface area contributed by atoms with Crippen molar-refractivity contribution in [1.82, 2.24) is 4.90 Å². The van der Waals surface area contributed by atoms with Gasteiger partial charge in [-0.1, -0.05) is 12.5 Å². The molecule has 1 atom stereocenters. The van der Waals surface area contributed by atoms with Crippen LogP contribution in [0.15, 0.2) is 22.7 Å². The molecule has 0 aromatic heterocycles. The van der Waals surface area contributed by atoms with E-state index in [1.807, 2.05) is 18.2 Å². The van der Waals surface area contributed by atoms with Gasteiger partial charge in [0.05, 0.1) is 16.8 Å². The van der Waals surface area contributed by atoms with Crippen molar-refractivity contribution in [2.45, 2.75) is 31.7 Å². The molecule has 0 saturated carbocycles. The summed E-state index contributed by atoms with van der Waals surface area (Å²) in [6.45, 7) is 1.93. The van der Waals surface area contributed by atoms with Crippen molar-refractivity contribution in [3.63, 3.8) is 0 Å². The molecule has 100 valence electrons. The average Bonchev–Trinajstić information content (AvgIpc) is 2.35. The van der Waals surface area contributed by atoms with Gasteiger partial charge in [-0.25, -0.2) is 0 Å². The third-order valence-corrected chi connectivity index (χ3v) is 4.24. The Hall–Kier alpha value is -0.740. The van der Waals surface area contributed by atoms with E-state index in [2.05, 4.69) is 27.9 Å². The Balaban J connectivity index is 1.84. The van der Waals surface area contributed by atoms with Crippen LogP contribution in [0.1, 0.15) is 25.7 Å². The summed E-state index contributed by atoms with van der Waals surface area (Å²) in [5.41, 5.74) is 6.60. The molecule has 0 amide bonds. The maximum atomic E-state index is 5.90. The molecule has 1 fully saturated rings. The Labute approximate surface area is 117 Å². The monoisotopic (exact) mass is 312 g/mol. The lowest BCUT2D eigenvalue weighted by atomic mass is 10.0. The number of anilines is 1. The van der Waals surface area contributed by atoms with Crippen molar-refractivity contribution >= 4 is 21.6 Å². The Morgan fingerprint density at radius 2 is 2.28 bits per heavy atom. The first kappa shape index (κ1) is 13.7. The quantitative estimate of drug-likeness (QED) is 0.867. The van der Waals surface area contributed by atoms with Crippen LogP contribution in [0.2, 0.25) is 0 Å². The number of para-hydroxylation sites is 1. The van der Waals surface area contributed by atoms with Gasteiger partial charge in [0, 0.05) is 6.04 Å². The molecule has 0 bridgehead atoms. The zero-order valence-corrected chi connectivity index (χ0v) is 12.4. The highest BCUT2D eigenvalue weighted by Crippen LogP contribution is 2.31. The Morgan fingerprint density at radius 1 is 1.44 bits per heavy atom. The van der Waals surface area contributed by atoms with Crippen LogP contribution in [0, 0.1) is 0 Å². The van der Waals surface area contributed by atoms with Crippen LogP contribution in [0.4, 0.5) is 5.69 Å². The molecule has 2 rings (SSSR count). The Kier molecular flexibility index (Phi) is 4.89. The van der Waals surface area contributed by atoms with E-state index < -0.39 is 0 Å². The first-order valence-electron chi connectivity index (χ1n) is 6.55. The lowest BCUT2D eigenvalue weighted by Crippen LogP contribution is -2.37. The van der Waals surface area contributed by atoms with Gasteiger partial charge in [0.1, 0.15) is 0 Å². The number of likely N-dealkylation sites (tertiary alicyclic amines) is 1. The van der Waals surface area contributed by atoms with Gasteiger partial charge in [-0.05, 0) is 60.9 Å². The molecule has 2 N–H and O–H groups in total. The molecule has 1 aromatic rings. The van der Waals surface area contributed by atoms with E-state index in [4.69, 9.17) is 10.5 Å². The average molecular weight is 313 g/mol. The number of nitrogen functional groups attached to an aromatic ring is 1. The number of ether oxygens (including phenoxy) is 1. The topological polar surface area (TPSA) is 38.5 Å². The fourth-order valence-corrected chi connectivity index (χ4v) is 2.98. The standard InChI is InChI=1S/C14H21BrN2O/c1-17-9-3-2-5-11(17)8-10-18-14-12(15)6-4-7-13(14)16/h4,6-7,11H,2-3,5,8-10,16H2,1H3. The van der Waals surface area contributed by atoms with Gasteiger partial charge < -0.3 is 15.4 Å². The Morgan fingerprint density at radius 3 is 3.00 bits per heavy atom. The molecule has 1 aliphatic rings. The molecule has 3 nitrogen and oxygen atoms in total. The van der Waals surface area contributed by atoms with E-state index in [9.17, 15) is 0 Å². The second-order valence-corrected chi connectivity index (χ2v) is 5.78. The smallest absolute Gasteiger partial charge is 0.156 e. The number of hydrogen-bond acceptors (Lipinski definition) is 3. The van der Waals surface area contributed by atoms with Crippen LogP contribution in [0.3, 0.4) is 0 Å². The second-order valence-electron chi connectivity index (χ2n) is 4.93. The molecule has 1 aliphatic heterocycles. The maximum absolute atomic E-state index is 5.90. The summed E-state index contributed by atoms with van der Waals surface area (Å²) in [5, 5.41) is 0. The fraction of sp³-hybridized carbons (Fsp3) is 0.571. The van der Waals surface area contributed by atoms with Crippen LogP contribution in [-0.4, -0.2) is 31.1 Å². The third-order valence-electron chi connectivity index (χ3n) is 3.62. The van der Waals surface area contributed by atoms with Crippen molar-refractivity contribution in [3.8, 4) is 5.75 Å². The molecule has 1 aromatic carbocycles. The molecule has 4 heteroatoms. The van der Waals surface area contributed by atoms with Crippen molar-refractivity contribution in [3.05, 3.63) is 22.7 Å². The number of nitrogens with zero attached hydrogens (tertiary/aromatic N) is 1. The molecule has 0 aliphatic carbocycles. The SMILES string of the molecule is CN1CCCCC1CCOc1c(N)cccc1Br. The normalized spacial score (nSPS) is 20.9. The molecular formula is C14H21BrN2O. The van der Waals surface area contributed by atoms with Gasteiger partial charge in [-0.3, -0.25) is 0 Å². The van der Waals surface area contributed by atoms with Crippen LogP contribution in [-0.2, 0) is 0 Å². The van der Waals surface area contributed by atoms with E-state index >= 15 is 0 Å². The summed E-state index contributed by atoms with van der Waals surface area (Å²) in [7, 11) is 2.20. The molecule has 0 radical (unpaired) electrons. The van der Waals surface area contributed by atoms with E-state index in [0.29, 0.717) is 11.7 Å². The van der Waals surface area contributed by atoms with Crippen molar-refractivity contribution < 1.29 is 4.74 Å². The van der Waals surface area contributed by atoms with Crippen molar-refractivity contribution in [2.24, 2.45) is 0 Å². The van der Waals surface area contributed by atoms with Gasteiger partial charge in [0.25, 0.3) is 0 Å². The second kappa shape index (κ2) is 6.43. The van der Waals surface area contributed by atoms with Crippen LogP contribution in [0.5, 0.6) is 5.75 Å². The Bertz CT molecular complexity index is 377. The van der Waals surface area contributed by atoms with Crippen molar-refractivity contribution in [1.29, 1.82) is 0 Å². The number of benzene rings is 1. The lowest BCUT2D eigenvalue weighted by Gasteiger charge is -2.32. The highest BCUT2D eigenvalue weighted by atomic mass is 79.9. The van der Waals surface area contributed by atoms with Crippen LogP contribution >= 0.6 is 15.9 Å². The maximum Gasteiger partial charge on any atom is 0.156 e. The summed E-state index contributed by atoms with van der Waals surface area (Å²) >= 11 is 3.47. The number of halogens is 1. The minimum atomic E-state index is 0.655. The van der Waals surface area contributed by atoms with Crippen LogP contribution < -0.4 is 10.5 Å². The van der Waals surface area contributed by atoms with Gasteiger partial charge in [0.2, 0.25) is 0 Å². The summed E-state index contributed by atoms with van der Waals surface area (Å²) in [5.74, 6) is 0.774. The highest BCUT2D eigenvalue weighted by Gasteiger charge is 2.18. The number of nitrogens with two attached hydrogens (primary N) is 1. The summed E-state index contributed by atoms with van der Waals surface area (Å²) in [6.07, 6.45) is 5.01. The fourth-order valence-electron chi connectivity index (χ4n) is 2.48. The first-order chi connectivity index (χ1) is 8.68. The largest absolute Gasteiger partial charge is 0.490 e. The minimum absolute atomic E-state index is 0.655. The molecule has 0 spiro atoms. The predicted octanol–water partition coefficient (Wildman–Crippen LogP) is 3.28. The van der Waals surface area contributed by atoms with E-state index in [1.54, 1.807) is 0 Å². The number of hydrogen-bond donors (Lipinski definition) is 1. The molecule has 1 heterocycles.